The maximum absolute atomic E-state index is 12.3. The molecule has 0 spiro atoms. The number of amides is 2. The summed E-state index contributed by atoms with van der Waals surface area (Å²) in [5, 5.41) is 17.3. The third kappa shape index (κ3) is 5.78. The lowest BCUT2D eigenvalue weighted by Gasteiger charge is -2.25. The number of aliphatic carboxylic acids is 1. The first-order chi connectivity index (χ1) is 14.9. The van der Waals surface area contributed by atoms with Crippen LogP contribution < -0.4 is 21.7 Å². The smallest absolute Gasteiger partial charge is 0.326 e. The highest BCUT2D eigenvalue weighted by molar-refractivity contribution is 7.98. The lowest BCUT2D eigenvalue weighted by atomic mass is 10.1. The van der Waals surface area contributed by atoms with Crippen molar-refractivity contribution >= 4 is 35.2 Å². The number of terminal acetylenes is 1. The Balaban J connectivity index is 1.59. The number of anilines is 1. The van der Waals surface area contributed by atoms with Gasteiger partial charge in [0.15, 0.2) is 6.29 Å². The van der Waals surface area contributed by atoms with E-state index in [-0.39, 0.29) is 18.7 Å². The van der Waals surface area contributed by atoms with Gasteiger partial charge in [-0.2, -0.15) is 0 Å². The Bertz CT molecular complexity index is 1030. The van der Waals surface area contributed by atoms with Gasteiger partial charge < -0.3 is 21.1 Å². The lowest BCUT2D eigenvalue weighted by molar-refractivity contribution is -0.139. The molecule has 0 fully saturated rings. The van der Waals surface area contributed by atoms with Gasteiger partial charge >= 0.3 is 5.97 Å². The maximum Gasteiger partial charge on any atom is 0.326 e. The Kier molecular flexibility index (Phi) is 7.18. The standard InChI is InChI=1S/C22H22N4O4S/c1-2-3-4-18(21(29)30)24-19(27)14-6-8-15(9-7-14)31-12-13-5-10-17-16(11-13)20(28)26-22(23)25-17/h1,5-11,18,22,25H,3-4,12,23H2,(H,24,27)(H,26,28)(H,29,30)/t18-,22?/m0/s1. The second-order valence-corrected chi connectivity index (χ2v) is 7.94. The fourth-order valence-corrected chi connectivity index (χ4v) is 3.85. The van der Waals surface area contributed by atoms with Crippen molar-refractivity contribution in [3.8, 4) is 12.3 Å². The van der Waals surface area contributed by atoms with Crippen LogP contribution in [0.3, 0.4) is 0 Å². The zero-order valence-corrected chi connectivity index (χ0v) is 17.4. The molecule has 2 aromatic rings. The number of hydrogen-bond donors (Lipinski definition) is 5. The molecule has 1 heterocycles. The average Bonchev–Trinajstić information content (AvgIpc) is 2.75. The molecule has 0 saturated heterocycles. The van der Waals surface area contributed by atoms with E-state index in [1.807, 2.05) is 18.2 Å². The predicted octanol–water partition coefficient (Wildman–Crippen LogP) is 1.97. The molecule has 6 N–H and O–H groups in total. The summed E-state index contributed by atoms with van der Waals surface area (Å²) in [5.74, 6) is 1.20. The maximum atomic E-state index is 12.3. The van der Waals surface area contributed by atoms with Gasteiger partial charge in [0, 0.05) is 28.3 Å². The number of nitrogens with two attached hydrogens (primary N) is 1. The van der Waals surface area contributed by atoms with Gasteiger partial charge in [-0.3, -0.25) is 15.3 Å². The second kappa shape index (κ2) is 10.0. The van der Waals surface area contributed by atoms with Crippen molar-refractivity contribution in [2.75, 3.05) is 5.32 Å². The Labute approximate surface area is 184 Å². The number of hydrogen-bond acceptors (Lipinski definition) is 6. The summed E-state index contributed by atoms with van der Waals surface area (Å²) in [5.41, 5.74) is 8.27. The van der Waals surface area contributed by atoms with Crippen LogP contribution >= 0.6 is 11.8 Å². The normalized spacial score (nSPS) is 15.6. The number of fused-ring (bicyclic) bond motifs is 1. The van der Waals surface area contributed by atoms with Gasteiger partial charge in [0.05, 0.1) is 5.56 Å². The highest BCUT2D eigenvalue weighted by Crippen LogP contribution is 2.27. The fourth-order valence-electron chi connectivity index (χ4n) is 3.01. The molecular formula is C22H22N4O4S. The summed E-state index contributed by atoms with van der Waals surface area (Å²) in [6.45, 7) is 0. The van der Waals surface area contributed by atoms with E-state index in [0.717, 1.165) is 10.5 Å². The highest BCUT2D eigenvalue weighted by atomic mass is 32.2. The van der Waals surface area contributed by atoms with E-state index in [0.29, 0.717) is 22.6 Å². The predicted molar refractivity (Wildman–Crippen MR) is 118 cm³/mol. The van der Waals surface area contributed by atoms with E-state index in [1.165, 1.54) is 0 Å². The SMILES string of the molecule is C#CCC[C@H](NC(=O)c1ccc(SCc2ccc3c(c2)C(=O)NC(N)N3)cc1)C(=O)O. The highest BCUT2D eigenvalue weighted by Gasteiger charge is 2.21. The van der Waals surface area contributed by atoms with Crippen LogP contribution in [0.1, 0.15) is 39.1 Å². The molecule has 1 unspecified atom stereocenters. The molecule has 1 aliphatic rings. The van der Waals surface area contributed by atoms with E-state index >= 15 is 0 Å². The van der Waals surface area contributed by atoms with Gasteiger partial charge in [-0.15, -0.1) is 24.1 Å². The summed E-state index contributed by atoms with van der Waals surface area (Å²) in [4.78, 5) is 36.6. The summed E-state index contributed by atoms with van der Waals surface area (Å²) in [7, 11) is 0. The van der Waals surface area contributed by atoms with Crippen molar-refractivity contribution < 1.29 is 19.5 Å². The molecule has 1 aliphatic heterocycles. The lowest BCUT2D eigenvalue weighted by Crippen LogP contribution is -2.50. The van der Waals surface area contributed by atoms with E-state index in [1.54, 1.807) is 36.0 Å². The zero-order chi connectivity index (χ0) is 22.4. The molecule has 2 amide bonds. The number of thioether (sulfide) groups is 1. The Hall–Kier alpha value is -3.48. The molecule has 8 nitrogen and oxygen atoms in total. The van der Waals surface area contributed by atoms with Crippen LogP contribution in [-0.4, -0.2) is 35.2 Å². The Morgan fingerprint density at radius 3 is 2.65 bits per heavy atom. The summed E-state index contributed by atoms with van der Waals surface area (Å²) in [6.07, 6.45) is 5.00. The number of carbonyl (C=O) groups excluding carboxylic acids is 2. The Morgan fingerprint density at radius 2 is 1.97 bits per heavy atom. The largest absolute Gasteiger partial charge is 0.480 e. The third-order valence-electron chi connectivity index (χ3n) is 4.63. The van der Waals surface area contributed by atoms with Crippen LogP contribution in [0.5, 0.6) is 0 Å². The minimum atomic E-state index is -1.12. The average molecular weight is 439 g/mol. The van der Waals surface area contributed by atoms with Crippen molar-refractivity contribution in [1.29, 1.82) is 0 Å². The monoisotopic (exact) mass is 438 g/mol. The fraction of sp³-hybridized carbons (Fsp3) is 0.227. The van der Waals surface area contributed by atoms with Gasteiger partial charge in [0.1, 0.15) is 6.04 Å². The summed E-state index contributed by atoms with van der Waals surface area (Å²) >= 11 is 1.55. The molecule has 0 saturated carbocycles. The van der Waals surface area contributed by atoms with Gasteiger partial charge in [0.25, 0.3) is 11.8 Å². The molecule has 3 rings (SSSR count). The van der Waals surface area contributed by atoms with Crippen molar-refractivity contribution in [1.82, 2.24) is 10.6 Å². The van der Waals surface area contributed by atoms with E-state index in [9.17, 15) is 19.5 Å². The Morgan fingerprint density at radius 1 is 1.23 bits per heavy atom. The number of carbonyl (C=O) groups is 3. The third-order valence-corrected chi connectivity index (χ3v) is 5.71. The van der Waals surface area contributed by atoms with Gasteiger partial charge in [-0.25, -0.2) is 4.79 Å². The first-order valence-corrected chi connectivity index (χ1v) is 10.5. The first kappa shape index (κ1) is 22.2. The molecule has 0 aromatic heterocycles. The topological polar surface area (TPSA) is 134 Å². The molecule has 0 radical (unpaired) electrons. The van der Waals surface area contributed by atoms with Gasteiger partial charge in [-0.1, -0.05) is 6.07 Å². The zero-order valence-electron chi connectivity index (χ0n) is 16.6. The number of carboxylic acid groups (broad SMARTS) is 1. The van der Waals surface area contributed by atoms with Crippen LogP contribution in [0.2, 0.25) is 0 Å². The first-order valence-electron chi connectivity index (χ1n) is 9.53. The number of nitrogens with one attached hydrogen (secondary N) is 3. The van der Waals surface area contributed by atoms with Crippen LogP contribution in [0.4, 0.5) is 5.69 Å². The van der Waals surface area contributed by atoms with Crippen molar-refractivity contribution in [3.63, 3.8) is 0 Å². The molecule has 31 heavy (non-hydrogen) atoms. The van der Waals surface area contributed by atoms with E-state index in [2.05, 4.69) is 21.9 Å². The van der Waals surface area contributed by atoms with Crippen molar-refractivity contribution in [3.05, 3.63) is 59.2 Å². The number of benzene rings is 2. The number of carboxylic acids is 1. The second-order valence-electron chi connectivity index (χ2n) is 6.90. The van der Waals surface area contributed by atoms with Gasteiger partial charge in [-0.05, 0) is 48.4 Å². The quantitative estimate of drug-likeness (QED) is 0.314. The summed E-state index contributed by atoms with van der Waals surface area (Å²) < 4.78 is 0. The molecule has 2 atom stereocenters. The van der Waals surface area contributed by atoms with Gasteiger partial charge in [0.2, 0.25) is 0 Å². The molecular weight excluding hydrogens is 416 g/mol. The van der Waals surface area contributed by atoms with Crippen LogP contribution in [0.15, 0.2) is 47.4 Å². The van der Waals surface area contributed by atoms with Crippen LogP contribution in [-0.2, 0) is 10.5 Å². The summed E-state index contributed by atoms with van der Waals surface area (Å²) in [6, 6.07) is 11.4. The van der Waals surface area contributed by atoms with E-state index in [4.69, 9.17) is 12.2 Å². The molecule has 0 bridgehead atoms. The van der Waals surface area contributed by atoms with Crippen LogP contribution in [0, 0.1) is 12.3 Å². The molecule has 2 aromatic carbocycles. The molecule has 9 heteroatoms. The minimum Gasteiger partial charge on any atom is -0.480 e. The number of rotatable bonds is 8. The van der Waals surface area contributed by atoms with Crippen LogP contribution in [0.25, 0.3) is 0 Å². The minimum absolute atomic E-state index is 0.172. The molecule has 0 aliphatic carbocycles. The van der Waals surface area contributed by atoms with Crippen molar-refractivity contribution in [2.45, 2.75) is 35.8 Å². The van der Waals surface area contributed by atoms with E-state index < -0.39 is 24.2 Å². The van der Waals surface area contributed by atoms with Crippen molar-refractivity contribution in [2.24, 2.45) is 5.73 Å². The molecule has 160 valence electrons.